The first kappa shape index (κ1) is 17.8. The zero-order valence-corrected chi connectivity index (χ0v) is 14.0. The van der Waals surface area contributed by atoms with Crippen molar-refractivity contribution in [1.29, 1.82) is 0 Å². The quantitative estimate of drug-likeness (QED) is 0.519. The van der Waals surface area contributed by atoms with Crippen LogP contribution in [-0.4, -0.2) is 37.0 Å². The van der Waals surface area contributed by atoms with E-state index in [0.29, 0.717) is 18.0 Å². The van der Waals surface area contributed by atoms with Gasteiger partial charge in [0.05, 0.1) is 0 Å². The van der Waals surface area contributed by atoms with Crippen molar-refractivity contribution in [2.75, 3.05) is 13.1 Å². The summed E-state index contributed by atoms with van der Waals surface area (Å²) in [5, 5.41) is 9.61. The van der Waals surface area contributed by atoms with Gasteiger partial charge in [-0.3, -0.25) is 4.79 Å². The van der Waals surface area contributed by atoms with Crippen molar-refractivity contribution in [2.45, 2.75) is 71.9 Å². The Bertz CT molecular complexity index is 335. The van der Waals surface area contributed by atoms with Gasteiger partial charge < -0.3 is 16.0 Å². The Morgan fingerprint density at radius 3 is 2.43 bits per heavy atom. The molecule has 0 aromatic rings. The van der Waals surface area contributed by atoms with E-state index in [9.17, 15) is 4.79 Å². The minimum atomic E-state index is 0.0244. The highest BCUT2D eigenvalue weighted by Crippen LogP contribution is 2.17. The molecule has 1 atom stereocenters. The first-order valence-electron chi connectivity index (χ1n) is 8.37. The summed E-state index contributed by atoms with van der Waals surface area (Å²) in [6.45, 7) is 9.46. The van der Waals surface area contributed by atoms with Crippen LogP contribution in [0.25, 0.3) is 0 Å². The molecule has 1 aliphatic rings. The first-order chi connectivity index (χ1) is 10.0. The molecule has 1 aliphatic carbocycles. The minimum absolute atomic E-state index is 0.0244. The number of amides is 1. The normalized spacial score (nSPS) is 18.4. The fourth-order valence-corrected chi connectivity index (χ4v) is 2.37. The van der Waals surface area contributed by atoms with Crippen LogP contribution >= 0.6 is 0 Å². The van der Waals surface area contributed by atoms with E-state index in [2.05, 4.69) is 41.7 Å². The second kappa shape index (κ2) is 9.64. The predicted octanol–water partition coefficient (Wildman–Crippen LogP) is 2.03. The predicted molar refractivity (Wildman–Crippen MR) is 88.4 cm³/mol. The molecular formula is C16H32N4O. The second-order valence-electron chi connectivity index (χ2n) is 6.27. The third kappa shape index (κ3) is 7.34. The van der Waals surface area contributed by atoms with Crippen LogP contribution in [0.5, 0.6) is 0 Å². The van der Waals surface area contributed by atoms with Crippen molar-refractivity contribution in [1.82, 2.24) is 16.0 Å². The Hall–Kier alpha value is -1.26. The summed E-state index contributed by atoms with van der Waals surface area (Å²) in [6, 6.07) is 0.677. The molecule has 1 fully saturated rings. The van der Waals surface area contributed by atoms with Crippen LogP contribution in [0, 0.1) is 5.92 Å². The van der Waals surface area contributed by atoms with Gasteiger partial charge in [-0.1, -0.05) is 33.1 Å². The van der Waals surface area contributed by atoms with E-state index in [1.807, 2.05) is 6.92 Å². The van der Waals surface area contributed by atoms with Crippen molar-refractivity contribution >= 4 is 11.9 Å². The number of hydrogen-bond donors (Lipinski definition) is 3. The smallest absolute Gasteiger partial charge is 0.242 e. The number of carbonyl (C=O) groups is 1. The van der Waals surface area contributed by atoms with E-state index < -0.39 is 0 Å². The minimum Gasteiger partial charge on any atom is -0.357 e. The molecule has 1 unspecified atom stereocenters. The molecule has 1 amide bonds. The molecule has 0 saturated heterocycles. The summed E-state index contributed by atoms with van der Waals surface area (Å²) in [7, 11) is 0. The maximum atomic E-state index is 12.0. The van der Waals surface area contributed by atoms with E-state index in [1.165, 1.54) is 19.3 Å². The molecule has 0 heterocycles. The van der Waals surface area contributed by atoms with Gasteiger partial charge in [0.1, 0.15) is 6.54 Å². The highest BCUT2D eigenvalue weighted by atomic mass is 16.1. The van der Waals surface area contributed by atoms with Crippen LogP contribution in [-0.2, 0) is 4.79 Å². The number of nitrogens with zero attached hydrogens (tertiary/aromatic N) is 1. The van der Waals surface area contributed by atoms with Gasteiger partial charge in [0.15, 0.2) is 5.96 Å². The van der Waals surface area contributed by atoms with Crippen molar-refractivity contribution in [3.05, 3.63) is 0 Å². The van der Waals surface area contributed by atoms with Gasteiger partial charge in [-0.05, 0) is 32.6 Å². The maximum absolute atomic E-state index is 12.0. The SMILES string of the molecule is CCNC(=NCC(=O)NC1CCCCC1)NC(C)C(C)C. The number of rotatable bonds is 6. The van der Waals surface area contributed by atoms with Gasteiger partial charge in [-0.15, -0.1) is 0 Å². The molecular weight excluding hydrogens is 264 g/mol. The third-order valence-corrected chi connectivity index (χ3v) is 4.06. The van der Waals surface area contributed by atoms with Gasteiger partial charge in [-0.2, -0.15) is 0 Å². The van der Waals surface area contributed by atoms with Crippen LogP contribution in [0.1, 0.15) is 59.8 Å². The summed E-state index contributed by atoms with van der Waals surface area (Å²) in [5.74, 6) is 1.26. The highest BCUT2D eigenvalue weighted by molar-refractivity contribution is 5.85. The Labute approximate surface area is 129 Å². The van der Waals surface area contributed by atoms with Crippen molar-refractivity contribution in [3.63, 3.8) is 0 Å². The van der Waals surface area contributed by atoms with E-state index in [1.54, 1.807) is 0 Å². The fourth-order valence-electron chi connectivity index (χ4n) is 2.37. The van der Waals surface area contributed by atoms with E-state index >= 15 is 0 Å². The standard InChI is InChI=1S/C16H32N4O/c1-5-17-16(19-13(4)12(2)3)18-11-15(21)20-14-9-7-6-8-10-14/h12-14H,5-11H2,1-4H3,(H,20,21)(H2,17,18,19). The molecule has 0 aromatic carbocycles. The van der Waals surface area contributed by atoms with Crippen LogP contribution in [0.2, 0.25) is 0 Å². The highest BCUT2D eigenvalue weighted by Gasteiger charge is 2.15. The zero-order chi connectivity index (χ0) is 15.7. The number of hydrogen-bond acceptors (Lipinski definition) is 2. The molecule has 5 nitrogen and oxygen atoms in total. The number of nitrogens with one attached hydrogen (secondary N) is 3. The molecule has 5 heteroatoms. The lowest BCUT2D eigenvalue weighted by Gasteiger charge is -2.23. The summed E-state index contributed by atoms with van der Waals surface area (Å²) >= 11 is 0. The van der Waals surface area contributed by atoms with Crippen LogP contribution in [0.4, 0.5) is 0 Å². The molecule has 0 aromatic heterocycles. The number of guanidine groups is 1. The number of aliphatic imine (C=N–C) groups is 1. The van der Waals surface area contributed by atoms with Gasteiger partial charge in [0.2, 0.25) is 5.91 Å². The van der Waals surface area contributed by atoms with E-state index in [-0.39, 0.29) is 12.5 Å². The Morgan fingerprint density at radius 2 is 1.86 bits per heavy atom. The Morgan fingerprint density at radius 1 is 1.19 bits per heavy atom. The molecule has 0 radical (unpaired) electrons. The van der Waals surface area contributed by atoms with Crippen LogP contribution in [0.3, 0.4) is 0 Å². The van der Waals surface area contributed by atoms with E-state index in [4.69, 9.17) is 0 Å². The van der Waals surface area contributed by atoms with Gasteiger partial charge in [0, 0.05) is 18.6 Å². The third-order valence-electron chi connectivity index (χ3n) is 4.06. The lowest BCUT2D eigenvalue weighted by molar-refractivity contribution is -0.120. The van der Waals surface area contributed by atoms with Crippen molar-refractivity contribution in [2.24, 2.45) is 10.9 Å². The molecule has 1 rings (SSSR count). The van der Waals surface area contributed by atoms with Gasteiger partial charge >= 0.3 is 0 Å². The molecule has 3 N–H and O–H groups in total. The molecule has 21 heavy (non-hydrogen) atoms. The van der Waals surface area contributed by atoms with Gasteiger partial charge in [0.25, 0.3) is 0 Å². The molecule has 122 valence electrons. The Balaban J connectivity index is 2.42. The van der Waals surface area contributed by atoms with Gasteiger partial charge in [-0.25, -0.2) is 4.99 Å². The molecule has 0 aliphatic heterocycles. The average molecular weight is 296 g/mol. The van der Waals surface area contributed by atoms with E-state index in [0.717, 1.165) is 25.3 Å². The monoisotopic (exact) mass is 296 g/mol. The molecule has 0 spiro atoms. The largest absolute Gasteiger partial charge is 0.357 e. The second-order valence-corrected chi connectivity index (χ2v) is 6.27. The van der Waals surface area contributed by atoms with Crippen molar-refractivity contribution < 1.29 is 4.79 Å². The topological polar surface area (TPSA) is 65.5 Å². The lowest BCUT2D eigenvalue weighted by atomic mass is 9.95. The fraction of sp³-hybridized carbons (Fsp3) is 0.875. The Kier molecular flexibility index (Phi) is 8.16. The summed E-state index contributed by atoms with van der Waals surface area (Å²) in [5.41, 5.74) is 0. The molecule has 0 bridgehead atoms. The van der Waals surface area contributed by atoms with Crippen molar-refractivity contribution in [3.8, 4) is 0 Å². The summed E-state index contributed by atoms with van der Waals surface area (Å²) in [6.07, 6.45) is 5.97. The van der Waals surface area contributed by atoms with Crippen LogP contribution in [0.15, 0.2) is 4.99 Å². The average Bonchev–Trinajstić information content (AvgIpc) is 2.46. The lowest BCUT2D eigenvalue weighted by Crippen LogP contribution is -2.45. The summed E-state index contributed by atoms with van der Waals surface area (Å²) in [4.78, 5) is 16.3. The van der Waals surface area contributed by atoms with Crippen LogP contribution < -0.4 is 16.0 Å². The zero-order valence-electron chi connectivity index (χ0n) is 14.0. The first-order valence-corrected chi connectivity index (χ1v) is 8.37. The summed E-state index contributed by atoms with van der Waals surface area (Å²) < 4.78 is 0. The maximum Gasteiger partial charge on any atom is 0.242 e. The molecule has 1 saturated carbocycles. The number of carbonyl (C=O) groups excluding carboxylic acids is 1.